The molecular formula is C29H34ClN3O4S. The third-order valence-electron chi connectivity index (χ3n) is 6.13. The van der Waals surface area contributed by atoms with Crippen LogP contribution in [0.4, 0.5) is 5.69 Å². The van der Waals surface area contributed by atoms with Gasteiger partial charge < -0.3 is 10.2 Å². The van der Waals surface area contributed by atoms with Gasteiger partial charge in [0.2, 0.25) is 11.8 Å². The number of anilines is 1. The summed E-state index contributed by atoms with van der Waals surface area (Å²) in [6, 6.07) is 21.3. The van der Waals surface area contributed by atoms with Gasteiger partial charge in [0.15, 0.2) is 0 Å². The van der Waals surface area contributed by atoms with Crippen LogP contribution in [0, 0.1) is 6.92 Å². The van der Waals surface area contributed by atoms with Gasteiger partial charge in [-0.2, -0.15) is 0 Å². The molecule has 38 heavy (non-hydrogen) atoms. The van der Waals surface area contributed by atoms with Crippen LogP contribution in [0.25, 0.3) is 0 Å². The summed E-state index contributed by atoms with van der Waals surface area (Å²) in [5, 5.41) is 3.27. The maximum atomic E-state index is 14.0. The molecule has 0 aromatic heterocycles. The zero-order valence-electron chi connectivity index (χ0n) is 22.1. The van der Waals surface area contributed by atoms with E-state index in [2.05, 4.69) is 5.32 Å². The molecule has 202 valence electrons. The molecule has 7 nitrogen and oxygen atoms in total. The second kappa shape index (κ2) is 12.9. The molecule has 0 saturated heterocycles. The monoisotopic (exact) mass is 555 g/mol. The molecule has 3 aromatic rings. The number of halogens is 1. The first kappa shape index (κ1) is 29.2. The zero-order chi connectivity index (χ0) is 27.9. The van der Waals surface area contributed by atoms with E-state index in [1.165, 1.54) is 17.0 Å². The fourth-order valence-electron chi connectivity index (χ4n) is 4.18. The third-order valence-corrected chi connectivity index (χ3v) is 8.31. The molecule has 0 spiro atoms. The lowest BCUT2D eigenvalue weighted by atomic mass is 10.1. The lowest BCUT2D eigenvalue weighted by Crippen LogP contribution is -2.53. The number of carbonyl (C=O) groups is 2. The van der Waals surface area contributed by atoms with E-state index in [0.29, 0.717) is 22.7 Å². The first-order valence-corrected chi connectivity index (χ1v) is 14.3. The number of sulfonamides is 1. The van der Waals surface area contributed by atoms with Crippen LogP contribution in [0.5, 0.6) is 0 Å². The Balaban J connectivity index is 2.08. The van der Waals surface area contributed by atoms with Gasteiger partial charge in [0.1, 0.15) is 12.6 Å². The van der Waals surface area contributed by atoms with Crippen molar-refractivity contribution in [2.24, 2.45) is 0 Å². The molecule has 3 rings (SSSR count). The average molecular weight is 556 g/mol. The Kier molecular flexibility index (Phi) is 9.94. The highest BCUT2D eigenvalue weighted by molar-refractivity contribution is 7.92. The molecule has 2 amide bonds. The van der Waals surface area contributed by atoms with E-state index in [1.54, 1.807) is 43.3 Å². The molecule has 0 saturated carbocycles. The highest BCUT2D eigenvalue weighted by atomic mass is 35.5. The van der Waals surface area contributed by atoms with Gasteiger partial charge in [-0.25, -0.2) is 8.42 Å². The highest BCUT2D eigenvalue weighted by Crippen LogP contribution is 2.31. The standard InChI is InChI=1S/C29H34ClN3O4S/c1-5-26(29(35)31-21(2)3)32(19-23-13-8-6-9-14-23)28(34)20-33(27-18-12-17-25(30)22(27)4)38(36,37)24-15-10-7-11-16-24/h6-18,21,26H,5,19-20H2,1-4H3,(H,31,35). The third kappa shape index (κ3) is 6.94. The van der Waals surface area contributed by atoms with E-state index in [1.807, 2.05) is 51.1 Å². The van der Waals surface area contributed by atoms with Crippen molar-refractivity contribution < 1.29 is 18.0 Å². The summed E-state index contributed by atoms with van der Waals surface area (Å²) in [7, 11) is -4.14. The molecule has 1 N–H and O–H groups in total. The van der Waals surface area contributed by atoms with E-state index >= 15 is 0 Å². The number of nitrogens with zero attached hydrogens (tertiary/aromatic N) is 2. The van der Waals surface area contributed by atoms with Crippen molar-refractivity contribution in [1.82, 2.24) is 10.2 Å². The van der Waals surface area contributed by atoms with E-state index in [-0.39, 0.29) is 23.4 Å². The van der Waals surface area contributed by atoms with Gasteiger partial charge in [-0.1, -0.05) is 73.1 Å². The first-order valence-electron chi connectivity index (χ1n) is 12.5. The number of rotatable bonds is 11. The van der Waals surface area contributed by atoms with Crippen LogP contribution >= 0.6 is 11.6 Å². The summed E-state index contributed by atoms with van der Waals surface area (Å²) in [5.74, 6) is -0.790. The van der Waals surface area contributed by atoms with Gasteiger partial charge in [-0.05, 0) is 62.6 Å². The van der Waals surface area contributed by atoms with Gasteiger partial charge in [0, 0.05) is 17.6 Å². The van der Waals surface area contributed by atoms with Crippen molar-refractivity contribution in [3.63, 3.8) is 0 Å². The second-order valence-corrected chi connectivity index (χ2v) is 11.6. The molecule has 0 aliphatic rings. The van der Waals surface area contributed by atoms with Gasteiger partial charge >= 0.3 is 0 Å². The quantitative estimate of drug-likeness (QED) is 0.353. The van der Waals surface area contributed by atoms with Crippen LogP contribution in [0.1, 0.15) is 38.3 Å². The lowest BCUT2D eigenvalue weighted by Gasteiger charge is -2.34. The van der Waals surface area contributed by atoms with Crippen molar-refractivity contribution in [3.05, 3.63) is 95.0 Å². The van der Waals surface area contributed by atoms with Crippen LogP contribution in [-0.2, 0) is 26.2 Å². The van der Waals surface area contributed by atoms with Gasteiger partial charge in [0.05, 0.1) is 10.6 Å². The van der Waals surface area contributed by atoms with Crippen molar-refractivity contribution >= 4 is 39.1 Å². The normalized spacial score (nSPS) is 12.2. The second-order valence-electron chi connectivity index (χ2n) is 9.30. The number of hydrogen-bond acceptors (Lipinski definition) is 4. The number of nitrogens with one attached hydrogen (secondary N) is 1. The van der Waals surface area contributed by atoms with E-state index in [9.17, 15) is 18.0 Å². The largest absolute Gasteiger partial charge is 0.352 e. The van der Waals surface area contributed by atoms with Gasteiger partial charge in [0.25, 0.3) is 10.0 Å². The fraction of sp³-hybridized carbons (Fsp3) is 0.310. The van der Waals surface area contributed by atoms with Crippen LogP contribution < -0.4 is 9.62 Å². The summed E-state index contributed by atoms with van der Waals surface area (Å²) in [4.78, 5) is 28.6. The van der Waals surface area contributed by atoms with Crippen molar-refractivity contribution in [2.75, 3.05) is 10.8 Å². The van der Waals surface area contributed by atoms with Crippen molar-refractivity contribution in [1.29, 1.82) is 0 Å². The predicted octanol–water partition coefficient (Wildman–Crippen LogP) is 5.18. The fourth-order valence-corrected chi connectivity index (χ4v) is 5.84. The van der Waals surface area contributed by atoms with Crippen molar-refractivity contribution in [2.45, 2.75) is 57.6 Å². The molecule has 1 unspecified atom stereocenters. The molecule has 9 heteroatoms. The summed E-state index contributed by atoms with van der Waals surface area (Å²) in [5.41, 5.74) is 1.66. The lowest BCUT2D eigenvalue weighted by molar-refractivity contribution is -0.140. The SMILES string of the molecule is CCC(C(=O)NC(C)C)N(Cc1ccccc1)C(=O)CN(c1cccc(Cl)c1C)S(=O)(=O)c1ccccc1. The Bertz CT molecular complexity index is 1350. The summed E-state index contributed by atoms with van der Waals surface area (Å²) < 4.78 is 28.8. The average Bonchev–Trinajstić information content (AvgIpc) is 2.89. The number of carbonyl (C=O) groups excluding carboxylic acids is 2. The van der Waals surface area contributed by atoms with E-state index in [4.69, 9.17) is 11.6 Å². The molecular weight excluding hydrogens is 522 g/mol. The molecule has 0 aliphatic carbocycles. The Morgan fingerprint density at radius 3 is 2.11 bits per heavy atom. The topological polar surface area (TPSA) is 86.8 Å². The Labute approximate surface area is 230 Å². The summed E-state index contributed by atoms with van der Waals surface area (Å²) in [6.45, 7) is 6.89. The molecule has 0 radical (unpaired) electrons. The minimum absolute atomic E-state index is 0.0476. The summed E-state index contributed by atoms with van der Waals surface area (Å²) in [6.07, 6.45) is 0.360. The van der Waals surface area contributed by atoms with Crippen LogP contribution in [0.3, 0.4) is 0 Å². The van der Waals surface area contributed by atoms with E-state index < -0.39 is 28.5 Å². The molecule has 3 aromatic carbocycles. The Morgan fingerprint density at radius 2 is 1.53 bits per heavy atom. The van der Waals surface area contributed by atoms with Crippen LogP contribution in [-0.4, -0.2) is 43.8 Å². The summed E-state index contributed by atoms with van der Waals surface area (Å²) >= 11 is 6.35. The van der Waals surface area contributed by atoms with Crippen LogP contribution in [0.15, 0.2) is 83.8 Å². The highest BCUT2D eigenvalue weighted by Gasteiger charge is 2.34. The molecule has 0 heterocycles. The maximum Gasteiger partial charge on any atom is 0.264 e. The smallest absolute Gasteiger partial charge is 0.264 e. The van der Waals surface area contributed by atoms with Crippen LogP contribution in [0.2, 0.25) is 5.02 Å². The number of hydrogen-bond donors (Lipinski definition) is 1. The molecule has 1 atom stereocenters. The molecule has 0 aliphatic heterocycles. The van der Waals surface area contributed by atoms with Gasteiger partial charge in [-0.15, -0.1) is 0 Å². The van der Waals surface area contributed by atoms with Crippen molar-refractivity contribution in [3.8, 4) is 0 Å². The Hall–Kier alpha value is -3.36. The minimum Gasteiger partial charge on any atom is -0.352 e. The van der Waals surface area contributed by atoms with E-state index in [0.717, 1.165) is 9.87 Å². The predicted molar refractivity (Wildman–Crippen MR) is 152 cm³/mol. The molecule has 0 fully saturated rings. The van der Waals surface area contributed by atoms with Gasteiger partial charge in [-0.3, -0.25) is 13.9 Å². The first-order chi connectivity index (χ1) is 18.1. The number of amides is 2. The Morgan fingerprint density at radius 1 is 0.921 bits per heavy atom. The zero-order valence-corrected chi connectivity index (χ0v) is 23.7. The number of benzene rings is 3. The maximum absolute atomic E-state index is 14.0. The minimum atomic E-state index is -4.14. The molecule has 0 bridgehead atoms.